The predicted octanol–water partition coefficient (Wildman–Crippen LogP) is 3.45. The fourth-order valence-electron chi connectivity index (χ4n) is 2.29. The lowest BCUT2D eigenvalue weighted by molar-refractivity contribution is -0.118. The fraction of sp³-hybridized carbons (Fsp3) is 0.368. The summed E-state index contributed by atoms with van der Waals surface area (Å²) in [5.74, 6) is 0.664. The van der Waals surface area contributed by atoms with Gasteiger partial charge in [0.1, 0.15) is 17.4 Å². The predicted molar refractivity (Wildman–Crippen MR) is 105 cm³/mol. The quantitative estimate of drug-likeness (QED) is 0.701. The molecule has 1 amide bonds. The number of carbonyl (C=O) groups excluding carboxylic acids is 1. The maximum Gasteiger partial charge on any atom is 0.275 e. The van der Waals surface area contributed by atoms with Gasteiger partial charge < -0.3 is 10.1 Å². The third-order valence-electron chi connectivity index (χ3n) is 3.82. The monoisotopic (exact) mass is 386 g/mol. The number of amides is 1. The molecule has 0 spiro atoms. The third-order valence-corrected chi connectivity index (χ3v) is 5.03. The fourth-order valence-corrected chi connectivity index (χ4v) is 3.21. The SMILES string of the molecule is CC(C)C(=O)Nc1cccc(OCc2cc(=O)n3nc(C(C)C)sc3n2)c1. The lowest BCUT2D eigenvalue weighted by Gasteiger charge is -2.10. The molecule has 0 saturated heterocycles. The molecule has 2 heterocycles. The standard InChI is InChI=1S/C19H22N4O3S/c1-11(2)17(25)20-13-6-5-7-15(8-13)26-10-14-9-16(24)23-19(21-14)27-18(22-23)12(3)4/h5-9,11-12H,10H2,1-4H3,(H,20,25). The van der Waals surface area contributed by atoms with Crippen molar-refractivity contribution < 1.29 is 9.53 Å². The molecule has 142 valence electrons. The molecular formula is C19H22N4O3S. The first-order valence-electron chi connectivity index (χ1n) is 8.77. The van der Waals surface area contributed by atoms with E-state index in [1.807, 2.05) is 27.7 Å². The lowest BCUT2D eigenvalue weighted by atomic mass is 10.2. The number of benzene rings is 1. The minimum Gasteiger partial charge on any atom is -0.487 e. The van der Waals surface area contributed by atoms with Gasteiger partial charge in [-0.15, -0.1) is 0 Å². The summed E-state index contributed by atoms with van der Waals surface area (Å²) in [7, 11) is 0. The van der Waals surface area contributed by atoms with Crippen LogP contribution in [0.15, 0.2) is 35.1 Å². The third kappa shape index (κ3) is 4.51. The topological polar surface area (TPSA) is 85.6 Å². The molecular weight excluding hydrogens is 364 g/mol. The van der Waals surface area contributed by atoms with Gasteiger partial charge in [-0.3, -0.25) is 9.59 Å². The number of nitrogens with zero attached hydrogens (tertiary/aromatic N) is 3. The van der Waals surface area contributed by atoms with E-state index in [0.29, 0.717) is 22.1 Å². The highest BCUT2D eigenvalue weighted by Gasteiger charge is 2.12. The number of aromatic nitrogens is 3. The zero-order valence-corrected chi connectivity index (χ0v) is 16.5. The van der Waals surface area contributed by atoms with Gasteiger partial charge in [0.05, 0.1) is 5.69 Å². The van der Waals surface area contributed by atoms with Crippen molar-refractivity contribution in [3.8, 4) is 5.75 Å². The van der Waals surface area contributed by atoms with Crippen LogP contribution in [0.1, 0.15) is 44.3 Å². The average Bonchev–Trinajstić information content (AvgIpc) is 3.05. The first-order valence-corrected chi connectivity index (χ1v) is 9.58. The highest BCUT2D eigenvalue weighted by molar-refractivity contribution is 7.16. The number of anilines is 1. The summed E-state index contributed by atoms with van der Waals surface area (Å²) in [5, 5.41) is 8.00. The van der Waals surface area contributed by atoms with Crippen molar-refractivity contribution in [3.05, 3.63) is 51.4 Å². The van der Waals surface area contributed by atoms with Gasteiger partial charge in [0, 0.05) is 29.7 Å². The molecule has 3 aromatic rings. The van der Waals surface area contributed by atoms with E-state index in [0.717, 1.165) is 5.01 Å². The minimum absolute atomic E-state index is 0.0570. The molecule has 1 N–H and O–H groups in total. The van der Waals surface area contributed by atoms with E-state index in [1.165, 1.54) is 21.9 Å². The molecule has 0 aliphatic heterocycles. The Morgan fingerprint density at radius 3 is 2.74 bits per heavy atom. The first-order chi connectivity index (χ1) is 12.8. The lowest BCUT2D eigenvalue weighted by Crippen LogP contribution is -2.17. The van der Waals surface area contributed by atoms with Crippen LogP contribution in [-0.2, 0) is 11.4 Å². The van der Waals surface area contributed by atoms with E-state index < -0.39 is 0 Å². The largest absolute Gasteiger partial charge is 0.487 e. The molecule has 0 bridgehead atoms. The van der Waals surface area contributed by atoms with Crippen molar-refractivity contribution >= 4 is 27.9 Å². The summed E-state index contributed by atoms with van der Waals surface area (Å²) in [6.45, 7) is 7.87. The molecule has 27 heavy (non-hydrogen) atoms. The second-order valence-electron chi connectivity index (χ2n) is 6.84. The van der Waals surface area contributed by atoms with Gasteiger partial charge in [-0.25, -0.2) is 4.98 Å². The van der Waals surface area contributed by atoms with Crippen LogP contribution in [0.3, 0.4) is 0 Å². The van der Waals surface area contributed by atoms with Crippen LogP contribution < -0.4 is 15.6 Å². The van der Waals surface area contributed by atoms with Crippen molar-refractivity contribution in [2.45, 2.75) is 40.2 Å². The molecule has 0 aliphatic carbocycles. The van der Waals surface area contributed by atoms with E-state index in [9.17, 15) is 9.59 Å². The number of fused-ring (bicyclic) bond motifs is 1. The van der Waals surface area contributed by atoms with Gasteiger partial charge in [0.2, 0.25) is 10.9 Å². The summed E-state index contributed by atoms with van der Waals surface area (Å²) in [6.07, 6.45) is 0. The van der Waals surface area contributed by atoms with Crippen LogP contribution in [0.5, 0.6) is 5.75 Å². The molecule has 1 aromatic carbocycles. The smallest absolute Gasteiger partial charge is 0.275 e. The summed E-state index contributed by atoms with van der Waals surface area (Å²) in [6, 6.07) is 8.57. The number of hydrogen-bond donors (Lipinski definition) is 1. The number of hydrogen-bond acceptors (Lipinski definition) is 6. The maximum atomic E-state index is 12.3. The molecule has 0 saturated carbocycles. The van der Waals surface area contributed by atoms with Crippen LogP contribution in [-0.4, -0.2) is 20.5 Å². The van der Waals surface area contributed by atoms with Crippen LogP contribution in [0.2, 0.25) is 0 Å². The van der Waals surface area contributed by atoms with Crippen molar-refractivity contribution in [2.24, 2.45) is 5.92 Å². The molecule has 0 radical (unpaired) electrons. The van der Waals surface area contributed by atoms with Crippen LogP contribution in [0.4, 0.5) is 5.69 Å². The Balaban J connectivity index is 1.75. The molecule has 8 heteroatoms. The molecule has 0 fully saturated rings. The molecule has 3 rings (SSSR count). The van der Waals surface area contributed by atoms with Crippen LogP contribution in [0, 0.1) is 5.92 Å². The molecule has 7 nitrogen and oxygen atoms in total. The van der Waals surface area contributed by atoms with E-state index in [-0.39, 0.29) is 29.9 Å². The minimum atomic E-state index is -0.223. The molecule has 0 atom stereocenters. The highest BCUT2D eigenvalue weighted by Crippen LogP contribution is 2.21. The summed E-state index contributed by atoms with van der Waals surface area (Å²) < 4.78 is 7.08. The van der Waals surface area contributed by atoms with E-state index in [2.05, 4.69) is 15.4 Å². The Hall–Kier alpha value is -2.74. The molecule has 2 aromatic heterocycles. The second kappa shape index (κ2) is 7.87. The number of nitrogens with one attached hydrogen (secondary N) is 1. The summed E-state index contributed by atoms with van der Waals surface area (Å²) in [5.41, 5.74) is 0.981. The van der Waals surface area contributed by atoms with Gasteiger partial charge in [0.15, 0.2) is 0 Å². The van der Waals surface area contributed by atoms with Crippen molar-refractivity contribution in [2.75, 3.05) is 5.32 Å². The first kappa shape index (κ1) is 19.0. The second-order valence-corrected chi connectivity index (χ2v) is 7.82. The Morgan fingerprint density at radius 1 is 1.26 bits per heavy atom. The zero-order chi connectivity index (χ0) is 19.6. The van der Waals surface area contributed by atoms with Gasteiger partial charge >= 0.3 is 0 Å². The Morgan fingerprint density at radius 2 is 2.04 bits per heavy atom. The van der Waals surface area contributed by atoms with Gasteiger partial charge in [-0.1, -0.05) is 45.1 Å². The number of carbonyl (C=O) groups is 1. The molecule has 0 unspecified atom stereocenters. The van der Waals surface area contributed by atoms with E-state index in [4.69, 9.17) is 4.74 Å². The van der Waals surface area contributed by atoms with Crippen molar-refractivity contribution in [1.29, 1.82) is 0 Å². The van der Waals surface area contributed by atoms with Gasteiger partial charge in [0.25, 0.3) is 5.56 Å². The Labute approximate surface area is 161 Å². The van der Waals surface area contributed by atoms with E-state index >= 15 is 0 Å². The van der Waals surface area contributed by atoms with Gasteiger partial charge in [-0.05, 0) is 12.1 Å². The highest BCUT2D eigenvalue weighted by atomic mass is 32.1. The average molecular weight is 386 g/mol. The number of ether oxygens (including phenoxy) is 1. The Kier molecular flexibility index (Phi) is 5.55. The summed E-state index contributed by atoms with van der Waals surface area (Å²) in [4.78, 5) is 29.1. The van der Waals surface area contributed by atoms with Crippen LogP contribution in [0.25, 0.3) is 4.96 Å². The zero-order valence-electron chi connectivity index (χ0n) is 15.7. The maximum absolute atomic E-state index is 12.3. The summed E-state index contributed by atoms with van der Waals surface area (Å²) >= 11 is 1.41. The normalized spacial score (nSPS) is 11.3. The Bertz CT molecular complexity index is 1020. The van der Waals surface area contributed by atoms with Crippen molar-refractivity contribution in [3.63, 3.8) is 0 Å². The van der Waals surface area contributed by atoms with E-state index in [1.54, 1.807) is 24.3 Å². The van der Waals surface area contributed by atoms with Crippen molar-refractivity contribution in [1.82, 2.24) is 14.6 Å². The van der Waals surface area contributed by atoms with Crippen LogP contribution >= 0.6 is 11.3 Å². The molecule has 0 aliphatic rings. The number of rotatable bonds is 6. The van der Waals surface area contributed by atoms with Gasteiger partial charge in [-0.2, -0.15) is 9.61 Å².